The Kier molecular flexibility index (Phi) is 3.70. The van der Waals surface area contributed by atoms with Gasteiger partial charge in [-0.1, -0.05) is 5.21 Å². The van der Waals surface area contributed by atoms with Gasteiger partial charge in [0.15, 0.2) is 0 Å². The van der Waals surface area contributed by atoms with Gasteiger partial charge in [0.25, 0.3) is 0 Å². The molecule has 1 saturated carbocycles. The smallest absolute Gasteiger partial charge is 0.0858 e. The van der Waals surface area contributed by atoms with E-state index in [-0.39, 0.29) is 0 Å². The van der Waals surface area contributed by atoms with Gasteiger partial charge in [0.2, 0.25) is 0 Å². The first-order chi connectivity index (χ1) is 10.8. The highest BCUT2D eigenvalue weighted by Crippen LogP contribution is 2.39. The molecular weight excluding hydrogens is 276 g/mol. The second-order valence-electron chi connectivity index (χ2n) is 6.61. The van der Waals surface area contributed by atoms with Gasteiger partial charge in [-0.15, -0.1) is 5.10 Å². The van der Waals surface area contributed by atoms with Gasteiger partial charge >= 0.3 is 0 Å². The fraction of sp³-hybridized carbons (Fsp3) is 0.688. The van der Waals surface area contributed by atoms with E-state index in [9.17, 15) is 0 Å². The third kappa shape index (κ3) is 2.92. The third-order valence-electron chi connectivity index (χ3n) is 4.87. The highest BCUT2D eigenvalue weighted by molar-refractivity contribution is 5.09. The van der Waals surface area contributed by atoms with Crippen LogP contribution in [0.15, 0.2) is 18.6 Å². The van der Waals surface area contributed by atoms with E-state index in [4.69, 9.17) is 0 Å². The molecule has 4 rings (SSSR count). The van der Waals surface area contributed by atoms with Crippen LogP contribution in [0.1, 0.15) is 55.8 Å². The first-order valence-corrected chi connectivity index (χ1v) is 8.47. The van der Waals surface area contributed by atoms with Crippen LogP contribution < -0.4 is 0 Å². The summed E-state index contributed by atoms with van der Waals surface area (Å²) in [6.07, 6.45) is 11.2. The first-order valence-electron chi connectivity index (χ1n) is 8.47. The fourth-order valence-corrected chi connectivity index (χ4v) is 3.30. The van der Waals surface area contributed by atoms with Crippen molar-refractivity contribution in [3.8, 4) is 0 Å². The molecule has 0 spiro atoms. The minimum atomic E-state index is 0.523. The van der Waals surface area contributed by atoms with E-state index in [0.29, 0.717) is 12.0 Å². The topological polar surface area (TPSA) is 51.8 Å². The lowest BCUT2D eigenvalue weighted by molar-refractivity contribution is 0.172. The second kappa shape index (κ2) is 5.83. The zero-order valence-electron chi connectivity index (χ0n) is 13.2. The Hall–Kier alpha value is -1.69. The lowest BCUT2D eigenvalue weighted by Gasteiger charge is -2.31. The zero-order chi connectivity index (χ0) is 14.9. The largest absolute Gasteiger partial charge is 0.299 e. The number of nitrogens with zero attached hydrogens (tertiary/aromatic N) is 6. The van der Waals surface area contributed by atoms with E-state index in [1.54, 1.807) is 0 Å². The predicted molar refractivity (Wildman–Crippen MR) is 83.4 cm³/mol. The van der Waals surface area contributed by atoms with Crippen molar-refractivity contribution in [2.24, 2.45) is 0 Å². The van der Waals surface area contributed by atoms with Crippen LogP contribution in [0, 0.1) is 0 Å². The zero-order valence-corrected chi connectivity index (χ0v) is 13.2. The van der Waals surface area contributed by atoms with E-state index >= 15 is 0 Å². The average Bonchev–Trinajstić information content (AvgIpc) is 3.11. The average molecular weight is 300 g/mol. The normalized spacial score (nSPS) is 20.6. The molecule has 118 valence electrons. The van der Waals surface area contributed by atoms with Crippen molar-refractivity contribution in [3.63, 3.8) is 0 Å². The van der Waals surface area contributed by atoms with Crippen molar-refractivity contribution >= 4 is 0 Å². The molecule has 2 aliphatic rings. The molecule has 22 heavy (non-hydrogen) atoms. The molecule has 2 aromatic heterocycles. The van der Waals surface area contributed by atoms with Crippen LogP contribution in [0.5, 0.6) is 0 Å². The van der Waals surface area contributed by atoms with Crippen molar-refractivity contribution in [1.82, 2.24) is 29.7 Å². The SMILES string of the molecule is CCn1cc(CN2CCC(n3cc(C4CC4)nn3)CC2)cn1. The lowest BCUT2D eigenvalue weighted by atomic mass is 10.0. The molecule has 1 aliphatic carbocycles. The molecule has 2 aromatic rings. The Morgan fingerprint density at radius 3 is 2.64 bits per heavy atom. The Labute approximate surface area is 131 Å². The number of aryl methyl sites for hydroxylation is 1. The molecular formula is C16H24N6. The summed E-state index contributed by atoms with van der Waals surface area (Å²) in [5.41, 5.74) is 2.52. The Balaban J connectivity index is 1.31. The standard InChI is InChI=1S/C16H24N6/c1-2-21-11-13(9-17-21)10-20-7-5-15(6-8-20)22-12-16(18-19-22)14-3-4-14/h9,11-12,14-15H,2-8,10H2,1H3. The molecule has 6 nitrogen and oxygen atoms in total. The van der Waals surface area contributed by atoms with Crippen LogP contribution in [0.25, 0.3) is 0 Å². The summed E-state index contributed by atoms with van der Waals surface area (Å²) in [6.45, 7) is 6.33. The van der Waals surface area contributed by atoms with Crippen molar-refractivity contribution < 1.29 is 0 Å². The van der Waals surface area contributed by atoms with E-state index in [0.717, 1.165) is 39.0 Å². The second-order valence-corrected chi connectivity index (χ2v) is 6.61. The predicted octanol–water partition coefficient (Wildman–Crippen LogP) is 2.21. The summed E-state index contributed by atoms with van der Waals surface area (Å²) < 4.78 is 4.11. The Morgan fingerprint density at radius 2 is 1.95 bits per heavy atom. The number of rotatable bonds is 5. The van der Waals surface area contributed by atoms with E-state index in [2.05, 4.69) is 44.3 Å². The molecule has 0 unspecified atom stereocenters. The van der Waals surface area contributed by atoms with Crippen molar-refractivity contribution in [3.05, 3.63) is 29.8 Å². The molecule has 2 fully saturated rings. The quantitative estimate of drug-likeness (QED) is 0.849. The molecule has 0 radical (unpaired) electrons. The molecule has 0 bridgehead atoms. The molecule has 0 atom stereocenters. The van der Waals surface area contributed by atoms with Crippen molar-refractivity contribution in [2.45, 2.75) is 57.7 Å². The molecule has 6 heteroatoms. The van der Waals surface area contributed by atoms with Crippen LogP contribution in [0.3, 0.4) is 0 Å². The Bertz CT molecular complexity index is 618. The van der Waals surface area contributed by atoms with E-state index in [1.807, 2.05) is 10.9 Å². The van der Waals surface area contributed by atoms with Crippen molar-refractivity contribution in [1.29, 1.82) is 0 Å². The van der Waals surface area contributed by atoms with Crippen LogP contribution in [-0.4, -0.2) is 42.8 Å². The number of hydrogen-bond donors (Lipinski definition) is 0. The summed E-state index contributed by atoms with van der Waals surface area (Å²) in [4.78, 5) is 2.52. The summed E-state index contributed by atoms with van der Waals surface area (Å²) in [7, 11) is 0. The monoisotopic (exact) mass is 300 g/mol. The van der Waals surface area contributed by atoms with Crippen LogP contribution in [0.4, 0.5) is 0 Å². The maximum Gasteiger partial charge on any atom is 0.0858 e. The summed E-state index contributed by atoms with van der Waals surface area (Å²) in [5.74, 6) is 0.698. The number of likely N-dealkylation sites (tertiary alicyclic amines) is 1. The van der Waals surface area contributed by atoms with Crippen LogP contribution in [0.2, 0.25) is 0 Å². The van der Waals surface area contributed by atoms with Crippen molar-refractivity contribution in [2.75, 3.05) is 13.1 Å². The van der Waals surface area contributed by atoms with Gasteiger partial charge in [-0.2, -0.15) is 5.10 Å². The molecule has 0 amide bonds. The molecule has 3 heterocycles. The molecule has 0 aromatic carbocycles. The lowest BCUT2D eigenvalue weighted by Crippen LogP contribution is -2.34. The highest BCUT2D eigenvalue weighted by atomic mass is 15.4. The maximum atomic E-state index is 4.36. The first kappa shape index (κ1) is 13.9. The van der Waals surface area contributed by atoms with Gasteiger partial charge in [-0.3, -0.25) is 9.58 Å². The van der Waals surface area contributed by atoms with Gasteiger partial charge in [-0.25, -0.2) is 4.68 Å². The van der Waals surface area contributed by atoms with Gasteiger partial charge in [-0.05, 0) is 32.6 Å². The van der Waals surface area contributed by atoms with Gasteiger partial charge in [0.05, 0.1) is 17.9 Å². The minimum Gasteiger partial charge on any atom is -0.299 e. The van der Waals surface area contributed by atoms with Crippen LogP contribution in [-0.2, 0) is 13.1 Å². The fourth-order valence-electron chi connectivity index (χ4n) is 3.30. The molecule has 1 aliphatic heterocycles. The number of aromatic nitrogens is 5. The molecule has 1 saturated heterocycles. The van der Waals surface area contributed by atoms with Gasteiger partial charge in [0, 0.05) is 50.1 Å². The number of hydrogen-bond acceptors (Lipinski definition) is 4. The summed E-state index contributed by atoms with van der Waals surface area (Å²) in [6, 6.07) is 0.523. The third-order valence-corrected chi connectivity index (χ3v) is 4.87. The minimum absolute atomic E-state index is 0.523. The van der Waals surface area contributed by atoms with Crippen LogP contribution >= 0.6 is 0 Å². The van der Waals surface area contributed by atoms with Gasteiger partial charge < -0.3 is 0 Å². The molecule has 0 N–H and O–H groups in total. The Morgan fingerprint density at radius 1 is 1.14 bits per heavy atom. The van der Waals surface area contributed by atoms with Gasteiger partial charge in [0.1, 0.15) is 0 Å². The number of piperidine rings is 1. The summed E-state index contributed by atoms with van der Waals surface area (Å²) in [5, 5.41) is 13.1. The summed E-state index contributed by atoms with van der Waals surface area (Å²) >= 11 is 0. The maximum absolute atomic E-state index is 4.36. The highest BCUT2D eigenvalue weighted by Gasteiger charge is 2.28. The van der Waals surface area contributed by atoms with E-state index < -0.39 is 0 Å². The van der Waals surface area contributed by atoms with E-state index in [1.165, 1.54) is 24.1 Å².